The second-order valence-electron chi connectivity index (χ2n) is 6.91. The number of carbonyl (C=O) groups is 1. The number of aryl methyl sites for hydroxylation is 1. The first kappa shape index (κ1) is 19.5. The number of phenolic OH excluding ortho intramolecular Hbond substituents is 1. The average Bonchev–Trinajstić information content (AvgIpc) is 3.16. The maximum Gasteiger partial charge on any atom is 0.232 e. The fraction of sp³-hybridized carbons (Fsp3) is 0.350. The van der Waals surface area contributed by atoms with E-state index in [4.69, 9.17) is 9.15 Å². The van der Waals surface area contributed by atoms with Crippen LogP contribution in [0.1, 0.15) is 27.4 Å². The molecule has 2 aliphatic rings. The number of allylic oxidation sites excluding steroid dienone is 1. The Labute approximate surface area is 164 Å². The van der Waals surface area contributed by atoms with Gasteiger partial charge in [0.2, 0.25) is 5.78 Å². The molecule has 3 heterocycles. The summed E-state index contributed by atoms with van der Waals surface area (Å²) >= 11 is 0. The van der Waals surface area contributed by atoms with Crippen LogP contribution < -0.4 is 4.74 Å². The Hall–Kier alpha value is -2.28. The maximum atomic E-state index is 12.7. The molecule has 7 heteroatoms. The van der Waals surface area contributed by atoms with Crippen molar-refractivity contribution >= 4 is 24.3 Å². The third-order valence-corrected chi connectivity index (χ3v) is 4.93. The van der Waals surface area contributed by atoms with Crippen LogP contribution in [0.25, 0.3) is 6.08 Å². The number of phenols is 1. The summed E-state index contributed by atoms with van der Waals surface area (Å²) in [4.78, 5) is 17.2. The first-order chi connectivity index (χ1) is 12.5. The van der Waals surface area contributed by atoms with Crippen LogP contribution >= 0.6 is 12.4 Å². The van der Waals surface area contributed by atoms with Crippen LogP contribution in [0.2, 0.25) is 0 Å². The summed E-state index contributed by atoms with van der Waals surface area (Å²) in [6.45, 7) is 6.21. The highest BCUT2D eigenvalue weighted by Gasteiger charge is 2.32. The molecule has 0 bridgehead atoms. The summed E-state index contributed by atoms with van der Waals surface area (Å²) in [5.41, 5.74) is 1.15. The van der Waals surface area contributed by atoms with E-state index >= 15 is 0 Å². The highest BCUT2D eigenvalue weighted by molar-refractivity contribution is 6.14. The highest BCUT2D eigenvalue weighted by Crippen LogP contribution is 2.40. The second-order valence-corrected chi connectivity index (χ2v) is 6.91. The van der Waals surface area contributed by atoms with Crippen LogP contribution in [0.4, 0.5) is 0 Å². The van der Waals surface area contributed by atoms with Gasteiger partial charge in [-0.15, -0.1) is 12.4 Å². The number of ketones is 1. The first-order valence-corrected chi connectivity index (χ1v) is 8.77. The summed E-state index contributed by atoms with van der Waals surface area (Å²) in [6.07, 6.45) is 1.60. The van der Waals surface area contributed by atoms with Crippen LogP contribution in [-0.4, -0.2) is 53.9 Å². The van der Waals surface area contributed by atoms with E-state index in [1.165, 1.54) is 0 Å². The zero-order valence-corrected chi connectivity index (χ0v) is 16.2. The first-order valence-electron chi connectivity index (χ1n) is 8.77. The average molecular weight is 391 g/mol. The van der Waals surface area contributed by atoms with Gasteiger partial charge >= 0.3 is 0 Å². The number of hydrogen-bond acceptors (Lipinski definition) is 6. The zero-order valence-electron chi connectivity index (χ0n) is 15.4. The molecule has 27 heavy (non-hydrogen) atoms. The number of rotatable bonds is 3. The van der Waals surface area contributed by atoms with E-state index < -0.39 is 0 Å². The molecule has 1 N–H and O–H groups in total. The van der Waals surface area contributed by atoms with Crippen LogP contribution in [0.3, 0.4) is 0 Å². The zero-order chi connectivity index (χ0) is 18.3. The number of aromatic hydroxyl groups is 1. The molecule has 1 saturated heterocycles. The number of hydrogen-bond donors (Lipinski definition) is 1. The second kappa shape index (κ2) is 7.76. The number of likely N-dealkylation sites (N-methyl/N-ethyl adjacent to an activating group) is 1. The molecule has 4 rings (SSSR count). The standard InChI is InChI=1S/C20H22N2O4.ClH/c1-13-3-4-14(25-13)11-18-19(24)15-5-6-17(23)16(20(15)26-18)12-22-9-7-21(2)8-10-22;/h3-6,11,23H,7-10,12H2,1-2H3;1H. The van der Waals surface area contributed by atoms with Crippen LogP contribution in [-0.2, 0) is 6.54 Å². The predicted molar refractivity (Wildman–Crippen MR) is 105 cm³/mol. The molecule has 0 atom stereocenters. The Morgan fingerprint density at radius 3 is 2.56 bits per heavy atom. The minimum atomic E-state index is -0.186. The van der Waals surface area contributed by atoms with E-state index in [0.717, 1.165) is 31.9 Å². The third-order valence-electron chi connectivity index (χ3n) is 4.93. The van der Waals surface area contributed by atoms with Crippen molar-refractivity contribution in [2.75, 3.05) is 33.2 Å². The molecule has 0 unspecified atom stereocenters. The minimum absolute atomic E-state index is 0. The lowest BCUT2D eigenvalue weighted by Crippen LogP contribution is -2.43. The van der Waals surface area contributed by atoms with E-state index in [0.29, 0.717) is 29.2 Å². The van der Waals surface area contributed by atoms with Gasteiger partial charge in [-0.1, -0.05) is 0 Å². The van der Waals surface area contributed by atoms with Crippen molar-refractivity contribution in [2.45, 2.75) is 13.5 Å². The van der Waals surface area contributed by atoms with Crippen molar-refractivity contribution < 1.29 is 19.1 Å². The van der Waals surface area contributed by atoms with Crippen LogP contribution in [0.15, 0.2) is 34.4 Å². The van der Waals surface area contributed by atoms with E-state index in [2.05, 4.69) is 16.8 Å². The molecular formula is C20H23ClN2O4. The molecule has 1 fully saturated rings. The third kappa shape index (κ3) is 3.88. The van der Waals surface area contributed by atoms with Crippen LogP contribution in [0, 0.1) is 6.92 Å². The molecule has 0 saturated carbocycles. The number of Topliss-reactive ketones (excluding diaryl/α,β-unsaturated/α-hetero) is 1. The van der Waals surface area contributed by atoms with E-state index in [-0.39, 0.29) is 29.7 Å². The van der Waals surface area contributed by atoms with Gasteiger partial charge in [0.25, 0.3) is 0 Å². The number of nitrogens with zero attached hydrogens (tertiary/aromatic N) is 2. The SMILES string of the molecule is Cc1ccc(C=C2Oc3c(ccc(O)c3CN3CCN(C)CC3)C2=O)o1.Cl. The number of carbonyl (C=O) groups excluding carboxylic acids is 1. The van der Waals surface area contributed by atoms with Gasteiger partial charge in [-0.05, 0) is 38.2 Å². The van der Waals surface area contributed by atoms with E-state index in [1.54, 1.807) is 24.3 Å². The Bertz CT molecular complexity index is 882. The number of furan rings is 1. The van der Waals surface area contributed by atoms with Crippen molar-refractivity contribution in [3.05, 3.63) is 52.7 Å². The lowest BCUT2D eigenvalue weighted by Gasteiger charge is -2.32. The van der Waals surface area contributed by atoms with Gasteiger partial charge in [0.15, 0.2) is 5.76 Å². The number of fused-ring (bicyclic) bond motifs is 1. The van der Waals surface area contributed by atoms with Gasteiger partial charge in [-0.25, -0.2) is 0 Å². The monoisotopic (exact) mass is 390 g/mol. The molecule has 1 aromatic heterocycles. The normalized spacial score (nSPS) is 19.0. The van der Waals surface area contributed by atoms with Crippen molar-refractivity contribution in [3.63, 3.8) is 0 Å². The largest absolute Gasteiger partial charge is 0.507 e. The summed E-state index contributed by atoms with van der Waals surface area (Å²) < 4.78 is 11.4. The van der Waals surface area contributed by atoms with Gasteiger partial charge in [0, 0.05) is 38.8 Å². The Morgan fingerprint density at radius 1 is 1.15 bits per heavy atom. The van der Waals surface area contributed by atoms with Gasteiger partial charge in [0.1, 0.15) is 23.0 Å². The van der Waals surface area contributed by atoms with Gasteiger partial charge in [-0.3, -0.25) is 9.69 Å². The van der Waals surface area contributed by atoms with E-state index in [1.807, 2.05) is 13.0 Å². The summed E-state index contributed by atoms with van der Waals surface area (Å²) in [5.74, 6) is 2.00. The lowest BCUT2D eigenvalue weighted by molar-refractivity contribution is 0.101. The number of piperazine rings is 1. The minimum Gasteiger partial charge on any atom is -0.507 e. The number of halogens is 1. The maximum absolute atomic E-state index is 12.7. The van der Waals surface area contributed by atoms with Crippen LogP contribution in [0.5, 0.6) is 11.5 Å². The predicted octanol–water partition coefficient (Wildman–Crippen LogP) is 3.08. The Morgan fingerprint density at radius 2 is 1.89 bits per heavy atom. The summed E-state index contributed by atoms with van der Waals surface area (Å²) in [7, 11) is 2.10. The van der Waals surface area contributed by atoms with Crippen molar-refractivity contribution in [2.24, 2.45) is 0 Å². The quantitative estimate of drug-likeness (QED) is 0.812. The summed E-state index contributed by atoms with van der Waals surface area (Å²) in [5, 5.41) is 10.4. The van der Waals surface area contributed by atoms with Crippen molar-refractivity contribution in [3.8, 4) is 11.5 Å². The Kier molecular flexibility index (Phi) is 5.60. The van der Waals surface area contributed by atoms with Gasteiger partial charge in [-0.2, -0.15) is 0 Å². The molecule has 2 aliphatic heterocycles. The summed E-state index contributed by atoms with van der Waals surface area (Å²) in [6, 6.07) is 6.83. The fourth-order valence-electron chi connectivity index (χ4n) is 3.34. The van der Waals surface area contributed by atoms with E-state index in [9.17, 15) is 9.90 Å². The molecule has 0 spiro atoms. The molecule has 0 aliphatic carbocycles. The molecule has 2 aromatic rings. The topological polar surface area (TPSA) is 66.2 Å². The molecule has 1 aromatic carbocycles. The Balaban J connectivity index is 0.00000210. The molecule has 0 amide bonds. The van der Waals surface area contributed by atoms with Crippen molar-refractivity contribution in [1.82, 2.24) is 9.80 Å². The molecule has 0 radical (unpaired) electrons. The van der Waals surface area contributed by atoms with Gasteiger partial charge in [0.05, 0.1) is 11.1 Å². The lowest BCUT2D eigenvalue weighted by atomic mass is 10.0. The van der Waals surface area contributed by atoms with Crippen molar-refractivity contribution in [1.29, 1.82) is 0 Å². The highest BCUT2D eigenvalue weighted by atomic mass is 35.5. The smallest absolute Gasteiger partial charge is 0.232 e. The molecule has 6 nitrogen and oxygen atoms in total. The fourth-order valence-corrected chi connectivity index (χ4v) is 3.34. The van der Waals surface area contributed by atoms with Gasteiger partial charge < -0.3 is 19.2 Å². The molecule has 144 valence electrons. The molecular weight excluding hydrogens is 368 g/mol. The number of ether oxygens (including phenoxy) is 1. The number of benzene rings is 1.